The lowest BCUT2D eigenvalue weighted by Gasteiger charge is -2.16. The summed E-state index contributed by atoms with van der Waals surface area (Å²) >= 11 is 5.80. The van der Waals surface area contributed by atoms with Gasteiger partial charge in [0.05, 0.1) is 18.2 Å². The second-order valence-corrected chi connectivity index (χ2v) is 6.09. The number of nitrogens with zero attached hydrogens (tertiary/aromatic N) is 2. The van der Waals surface area contributed by atoms with Crippen LogP contribution in [0.4, 0.5) is 5.69 Å². The van der Waals surface area contributed by atoms with E-state index in [1.807, 2.05) is 30.1 Å². The first-order valence-electron chi connectivity index (χ1n) is 7.90. The monoisotopic (exact) mass is 403 g/mol. The minimum Gasteiger partial charge on any atom is -0.473 e. The Bertz CT molecular complexity index is 866. The molecule has 2 aromatic rings. The largest absolute Gasteiger partial charge is 0.473 e. The molecule has 28 heavy (non-hydrogen) atoms. The average Bonchev–Trinajstić information content (AvgIpc) is 2.64. The summed E-state index contributed by atoms with van der Waals surface area (Å²) in [5, 5.41) is 27.1. The number of amides is 1. The second kappa shape index (κ2) is 11.3. The fourth-order valence-electron chi connectivity index (χ4n) is 2.09. The molecule has 1 amide bonds. The Morgan fingerprint density at radius 3 is 2.25 bits per heavy atom. The quantitative estimate of drug-likeness (QED) is 0.653. The minimum absolute atomic E-state index is 0.0961. The molecule has 0 fully saturated rings. The van der Waals surface area contributed by atoms with E-state index in [1.54, 1.807) is 30.3 Å². The highest BCUT2D eigenvalue weighted by molar-refractivity contribution is 6.30. The maximum Gasteiger partial charge on any atom is 0.414 e. The predicted octanol–water partition coefficient (Wildman–Crippen LogP) is 2.44. The molecule has 9 heteroatoms. The Morgan fingerprint density at radius 1 is 1.11 bits per heavy atom. The van der Waals surface area contributed by atoms with Crippen LogP contribution in [0.3, 0.4) is 0 Å². The highest BCUT2D eigenvalue weighted by atomic mass is 35.5. The maximum absolute atomic E-state index is 12.0. The van der Waals surface area contributed by atoms with Gasteiger partial charge < -0.3 is 15.5 Å². The zero-order chi connectivity index (χ0) is 21.1. The van der Waals surface area contributed by atoms with Crippen LogP contribution < -0.4 is 5.32 Å². The van der Waals surface area contributed by atoms with E-state index in [1.165, 1.54) is 0 Å². The first kappa shape index (κ1) is 22.6. The molecule has 0 aliphatic heterocycles. The lowest BCUT2D eigenvalue weighted by atomic mass is 10.1. The predicted molar refractivity (Wildman–Crippen MR) is 103 cm³/mol. The topological polar surface area (TPSA) is 131 Å². The van der Waals surface area contributed by atoms with E-state index in [4.69, 9.17) is 36.7 Å². The number of aliphatic carboxylic acids is 2. The number of rotatable bonds is 5. The van der Waals surface area contributed by atoms with Gasteiger partial charge in [-0.2, -0.15) is 5.26 Å². The van der Waals surface area contributed by atoms with Crippen molar-refractivity contribution in [1.82, 2.24) is 4.90 Å². The third kappa shape index (κ3) is 8.80. The van der Waals surface area contributed by atoms with Gasteiger partial charge in [0, 0.05) is 17.3 Å². The molecule has 0 aromatic heterocycles. The number of halogens is 1. The van der Waals surface area contributed by atoms with E-state index in [0.717, 1.165) is 5.56 Å². The van der Waals surface area contributed by atoms with Crippen LogP contribution >= 0.6 is 11.6 Å². The summed E-state index contributed by atoms with van der Waals surface area (Å²) in [4.78, 5) is 32.1. The second-order valence-electron chi connectivity index (χ2n) is 5.65. The van der Waals surface area contributed by atoms with E-state index < -0.39 is 11.9 Å². The highest BCUT2D eigenvalue weighted by Crippen LogP contribution is 2.13. The van der Waals surface area contributed by atoms with Crippen molar-refractivity contribution in [2.75, 3.05) is 18.9 Å². The number of carbonyl (C=O) groups excluding carboxylic acids is 1. The SMILES string of the molecule is CN(CC(=O)Nc1ccc(Cl)cc1)Cc1cccc(C#N)c1.O=C(O)C(=O)O. The van der Waals surface area contributed by atoms with Crippen LogP contribution in [0, 0.1) is 11.3 Å². The molecule has 0 aliphatic rings. The molecule has 0 saturated heterocycles. The van der Waals surface area contributed by atoms with E-state index >= 15 is 0 Å². The summed E-state index contributed by atoms with van der Waals surface area (Å²) in [6.07, 6.45) is 0. The Balaban J connectivity index is 0.000000568. The number of carbonyl (C=O) groups is 3. The van der Waals surface area contributed by atoms with Gasteiger partial charge in [-0.05, 0) is 49.0 Å². The molecule has 0 radical (unpaired) electrons. The smallest absolute Gasteiger partial charge is 0.414 e. The van der Waals surface area contributed by atoms with E-state index in [0.29, 0.717) is 22.8 Å². The first-order chi connectivity index (χ1) is 13.2. The van der Waals surface area contributed by atoms with Gasteiger partial charge in [0.25, 0.3) is 0 Å². The number of carboxylic acids is 2. The summed E-state index contributed by atoms with van der Waals surface area (Å²) in [5.41, 5.74) is 2.34. The molecular weight excluding hydrogens is 386 g/mol. The van der Waals surface area contributed by atoms with Crippen LogP contribution in [0.2, 0.25) is 5.02 Å². The van der Waals surface area contributed by atoms with Gasteiger partial charge in [0.15, 0.2) is 0 Å². The van der Waals surface area contributed by atoms with Gasteiger partial charge in [0.1, 0.15) is 0 Å². The summed E-state index contributed by atoms with van der Waals surface area (Å²) in [5.74, 6) is -3.74. The minimum atomic E-state index is -1.82. The summed E-state index contributed by atoms with van der Waals surface area (Å²) in [6.45, 7) is 0.864. The molecule has 146 valence electrons. The van der Waals surface area contributed by atoms with Crippen molar-refractivity contribution in [2.24, 2.45) is 0 Å². The number of carboxylic acid groups (broad SMARTS) is 2. The van der Waals surface area contributed by atoms with Crippen LogP contribution in [0.1, 0.15) is 11.1 Å². The normalized spacial score (nSPS) is 9.64. The van der Waals surface area contributed by atoms with Crippen LogP contribution in [0.25, 0.3) is 0 Å². The Hall–Kier alpha value is -3.41. The number of hydrogen-bond acceptors (Lipinski definition) is 5. The number of nitrogens with one attached hydrogen (secondary N) is 1. The first-order valence-corrected chi connectivity index (χ1v) is 8.28. The molecule has 8 nitrogen and oxygen atoms in total. The molecule has 0 spiro atoms. The van der Waals surface area contributed by atoms with Crippen LogP contribution in [0.5, 0.6) is 0 Å². The Kier molecular flexibility index (Phi) is 9.16. The molecule has 2 rings (SSSR count). The van der Waals surface area contributed by atoms with Gasteiger partial charge in [-0.1, -0.05) is 23.7 Å². The molecule has 0 saturated carbocycles. The van der Waals surface area contributed by atoms with Crippen molar-refractivity contribution in [3.05, 3.63) is 64.7 Å². The van der Waals surface area contributed by atoms with Crippen molar-refractivity contribution in [2.45, 2.75) is 6.54 Å². The average molecular weight is 404 g/mol. The van der Waals surface area contributed by atoms with Gasteiger partial charge in [-0.3, -0.25) is 9.69 Å². The van der Waals surface area contributed by atoms with Crippen molar-refractivity contribution < 1.29 is 24.6 Å². The number of likely N-dealkylation sites (N-methyl/N-ethyl adjacent to an activating group) is 1. The summed E-state index contributed by atoms with van der Waals surface area (Å²) in [6, 6.07) is 16.5. The standard InChI is InChI=1S/C17H16ClN3O.C2H2O4/c1-21(11-14-4-2-3-13(9-14)10-19)12-17(22)20-16-7-5-15(18)6-8-16;3-1(4)2(5)6/h2-9H,11-12H2,1H3,(H,20,22);(H,3,4)(H,5,6). The van der Waals surface area contributed by atoms with Crippen molar-refractivity contribution in [3.8, 4) is 6.07 Å². The number of benzene rings is 2. The molecule has 0 unspecified atom stereocenters. The summed E-state index contributed by atoms with van der Waals surface area (Å²) in [7, 11) is 1.86. The Morgan fingerprint density at radius 2 is 1.71 bits per heavy atom. The van der Waals surface area contributed by atoms with Gasteiger partial charge in [-0.25, -0.2) is 9.59 Å². The third-order valence-corrected chi connectivity index (χ3v) is 3.49. The van der Waals surface area contributed by atoms with Crippen LogP contribution in [-0.4, -0.2) is 46.6 Å². The van der Waals surface area contributed by atoms with Crippen molar-refractivity contribution >= 4 is 35.1 Å². The van der Waals surface area contributed by atoms with Crippen LogP contribution in [0.15, 0.2) is 48.5 Å². The van der Waals surface area contributed by atoms with E-state index in [2.05, 4.69) is 11.4 Å². The van der Waals surface area contributed by atoms with Crippen molar-refractivity contribution in [3.63, 3.8) is 0 Å². The van der Waals surface area contributed by atoms with Crippen LogP contribution in [-0.2, 0) is 20.9 Å². The maximum atomic E-state index is 12.0. The molecule has 0 bridgehead atoms. The zero-order valence-electron chi connectivity index (χ0n) is 14.9. The molecule has 0 heterocycles. The molecule has 2 aromatic carbocycles. The molecule has 0 atom stereocenters. The molecule has 0 aliphatic carbocycles. The van der Waals surface area contributed by atoms with Gasteiger partial charge in [-0.15, -0.1) is 0 Å². The number of nitriles is 1. The van der Waals surface area contributed by atoms with Gasteiger partial charge >= 0.3 is 11.9 Å². The lowest BCUT2D eigenvalue weighted by Crippen LogP contribution is -2.29. The fourth-order valence-corrected chi connectivity index (χ4v) is 2.21. The Labute approximate surface area is 166 Å². The van der Waals surface area contributed by atoms with E-state index in [-0.39, 0.29) is 12.5 Å². The fraction of sp³-hybridized carbons (Fsp3) is 0.158. The molecule has 3 N–H and O–H groups in total. The molecular formula is C19H18ClN3O5. The van der Waals surface area contributed by atoms with Gasteiger partial charge in [0.2, 0.25) is 5.91 Å². The summed E-state index contributed by atoms with van der Waals surface area (Å²) < 4.78 is 0. The third-order valence-electron chi connectivity index (χ3n) is 3.23. The number of anilines is 1. The zero-order valence-corrected chi connectivity index (χ0v) is 15.7. The number of hydrogen-bond donors (Lipinski definition) is 3. The van der Waals surface area contributed by atoms with Crippen molar-refractivity contribution in [1.29, 1.82) is 5.26 Å². The van der Waals surface area contributed by atoms with E-state index in [9.17, 15) is 4.79 Å². The lowest BCUT2D eigenvalue weighted by molar-refractivity contribution is -0.159. The highest BCUT2D eigenvalue weighted by Gasteiger charge is 2.08.